The summed E-state index contributed by atoms with van der Waals surface area (Å²) in [7, 11) is 0. The van der Waals surface area contributed by atoms with Crippen LogP contribution in [0.25, 0.3) is 0 Å². The van der Waals surface area contributed by atoms with E-state index in [9.17, 15) is 14.4 Å². The third-order valence-corrected chi connectivity index (χ3v) is 5.79. The molecule has 0 spiro atoms. The second-order valence-electron chi connectivity index (χ2n) is 7.98. The van der Waals surface area contributed by atoms with Crippen molar-refractivity contribution in [3.63, 3.8) is 0 Å². The summed E-state index contributed by atoms with van der Waals surface area (Å²) in [6.07, 6.45) is 8.05. The normalized spacial score (nSPS) is 22.0. The van der Waals surface area contributed by atoms with Crippen LogP contribution in [0.1, 0.15) is 57.4 Å². The van der Waals surface area contributed by atoms with E-state index in [0.29, 0.717) is 26.2 Å². The largest absolute Gasteiger partial charge is 0.472 e. The van der Waals surface area contributed by atoms with Gasteiger partial charge in [0.15, 0.2) is 0 Å². The van der Waals surface area contributed by atoms with Gasteiger partial charge in [0.1, 0.15) is 0 Å². The fraction of sp³-hybridized carbons (Fsp3) is 0.667. The van der Waals surface area contributed by atoms with Crippen molar-refractivity contribution in [3.8, 4) is 0 Å². The molecule has 1 aliphatic heterocycles. The van der Waals surface area contributed by atoms with Gasteiger partial charge in [0, 0.05) is 25.2 Å². The molecule has 3 rings (SSSR count). The number of furan rings is 1. The van der Waals surface area contributed by atoms with E-state index < -0.39 is 11.6 Å². The highest BCUT2D eigenvalue weighted by Crippen LogP contribution is 2.32. The molecule has 2 aliphatic rings. The van der Waals surface area contributed by atoms with E-state index in [-0.39, 0.29) is 30.6 Å². The summed E-state index contributed by atoms with van der Waals surface area (Å²) < 4.78 is 10.2. The van der Waals surface area contributed by atoms with Gasteiger partial charge in [-0.2, -0.15) is 0 Å². The average Bonchev–Trinajstić information content (AvgIpc) is 3.18. The van der Waals surface area contributed by atoms with Crippen molar-refractivity contribution in [2.45, 2.75) is 70.0 Å². The Kier molecular flexibility index (Phi) is 7.30. The number of piperazine rings is 1. The van der Waals surface area contributed by atoms with E-state index in [2.05, 4.69) is 10.6 Å². The van der Waals surface area contributed by atoms with Gasteiger partial charge in [-0.1, -0.05) is 19.3 Å². The molecule has 1 aromatic rings. The van der Waals surface area contributed by atoms with E-state index in [1.54, 1.807) is 19.5 Å². The van der Waals surface area contributed by atoms with E-state index in [1.807, 2.05) is 11.0 Å². The summed E-state index contributed by atoms with van der Waals surface area (Å²) in [5.74, 6) is -0.625. The summed E-state index contributed by atoms with van der Waals surface area (Å²) in [6.45, 7) is 3.88. The zero-order chi connectivity index (χ0) is 20.7. The molecule has 8 heteroatoms. The van der Waals surface area contributed by atoms with Gasteiger partial charge < -0.3 is 19.8 Å². The minimum atomic E-state index is -0.567. The molecule has 0 radical (unpaired) electrons. The van der Waals surface area contributed by atoms with Gasteiger partial charge in [0.05, 0.1) is 43.6 Å². The van der Waals surface area contributed by atoms with E-state index >= 15 is 0 Å². The van der Waals surface area contributed by atoms with E-state index in [1.165, 1.54) is 0 Å². The average molecular weight is 405 g/mol. The third-order valence-electron chi connectivity index (χ3n) is 5.79. The van der Waals surface area contributed by atoms with Crippen LogP contribution in [0, 0.1) is 0 Å². The minimum absolute atomic E-state index is 0.0638. The third kappa shape index (κ3) is 5.82. The van der Waals surface area contributed by atoms with Crippen LogP contribution in [-0.2, 0) is 25.7 Å². The Labute approximate surface area is 171 Å². The minimum Gasteiger partial charge on any atom is -0.472 e. The lowest BCUT2D eigenvalue weighted by atomic mass is 9.79. The molecule has 1 saturated carbocycles. The lowest BCUT2D eigenvalue weighted by molar-refractivity contribution is -0.146. The molecule has 1 aliphatic carbocycles. The number of carbonyl (C=O) groups is 3. The van der Waals surface area contributed by atoms with E-state index in [4.69, 9.17) is 9.15 Å². The van der Waals surface area contributed by atoms with E-state index in [0.717, 1.165) is 37.7 Å². The molecule has 1 saturated heterocycles. The second-order valence-corrected chi connectivity index (χ2v) is 7.98. The Morgan fingerprint density at radius 1 is 1.34 bits per heavy atom. The van der Waals surface area contributed by atoms with Crippen molar-refractivity contribution in [2.75, 3.05) is 19.7 Å². The summed E-state index contributed by atoms with van der Waals surface area (Å²) in [6, 6.07) is 1.32. The predicted molar refractivity (Wildman–Crippen MR) is 106 cm³/mol. The number of rotatable bonds is 8. The number of hydrogen-bond donors (Lipinski definition) is 2. The molecule has 8 nitrogen and oxygen atoms in total. The van der Waals surface area contributed by atoms with Gasteiger partial charge in [0.25, 0.3) is 0 Å². The van der Waals surface area contributed by atoms with Crippen LogP contribution in [0.4, 0.5) is 0 Å². The molecule has 2 N–H and O–H groups in total. The van der Waals surface area contributed by atoms with Crippen LogP contribution in [0.2, 0.25) is 0 Å². The van der Waals surface area contributed by atoms with Crippen LogP contribution in [0.5, 0.6) is 0 Å². The first-order chi connectivity index (χ1) is 14.0. The van der Waals surface area contributed by atoms with Crippen molar-refractivity contribution >= 4 is 17.8 Å². The Morgan fingerprint density at radius 2 is 2.14 bits per heavy atom. The molecule has 1 atom stereocenters. The Balaban J connectivity index is 1.65. The number of hydrogen-bond acceptors (Lipinski definition) is 6. The lowest BCUT2D eigenvalue weighted by Gasteiger charge is -2.39. The van der Waals surface area contributed by atoms with Crippen LogP contribution in [-0.4, -0.2) is 54.0 Å². The van der Waals surface area contributed by atoms with Crippen LogP contribution >= 0.6 is 0 Å². The monoisotopic (exact) mass is 405 g/mol. The Bertz CT molecular complexity index is 697. The standard InChI is InChI=1S/C21H31N3O5/c1-2-29-19(26)13-21(7-4-3-5-8-21)23-18(25)12-17-20(27)22-9-10-24(17)14-16-6-11-28-15-16/h6,11,15,17H,2-5,7-10,12-14H2,1H3,(H,22,27)(H,23,25)/t17-/m1/s1. The van der Waals surface area contributed by atoms with Gasteiger partial charge in [0.2, 0.25) is 11.8 Å². The Morgan fingerprint density at radius 3 is 2.83 bits per heavy atom. The quantitative estimate of drug-likeness (QED) is 0.639. The molecule has 2 amide bonds. The number of nitrogens with one attached hydrogen (secondary N) is 2. The molecule has 0 aromatic carbocycles. The zero-order valence-corrected chi connectivity index (χ0v) is 17.1. The number of ether oxygens (including phenoxy) is 1. The highest BCUT2D eigenvalue weighted by molar-refractivity contribution is 5.89. The smallest absolute Gasteiger partial charge is 0.308 e. The Hall–Kier alpha value is -2.35. The zero-order valence-electron chi connectivity index (χ0n) is 17.1. The second kappa shape index (κ2) is 9.91. The van der Waals surface area contributed by atoms with Crippen LogP contribution in [0.15, 0.2) is 23.0 Å². The molecule has 0 unspecified atom stereocenters. The fourth-order valence-electron chi connectivity index (χ4n) is 4.38. The SMILES string of the molecule is CCOC(=O)CC1(NC(=O)C[C@@H]2C(=O)NCCN2Cc2ccoc2)CCCCC1. The first kappa shape index (κ1) is 21.4. The van der Waals surface area contributed by atoms with Crippen LogP contribution in [0.3, 0.4) is 0 Å². The van der Waals surface area contributed by atoms with Gasteiger partial charge in [-0.25, -0.2) is 0 Å². The summed E-state index contributed by atoms with van der Waals surface area (Å²) >= 11 is 0. The van der Waals surface area contributed by atoms with Gasteiger partial charge in [-0.05, 0) is 25.8 Å². The molecule has 29 heavy (non-hydrogen) atoms. The molecular weight excluding hydrogens is 374 g/mol. The number of esters is 1. The number of amides is 2. The first-order valence-electron chi connectivity index (χ1n) is 10.5. The first-order valence-corrected chi connectivity index (χ1v) is 10.5. The molecule has 2 heterocycles. The van der Waals surface area contributed by atoms with Gasteiger partial charge >= 0.3 is 5.97 Å². The maximum Gasteiger partial charge on any atom is 0.308 e. The summed E-state index contributed by atoms with van der Waals surface area (Å²) in [5.41, 5.74) is 0.401. The topological polar surface area (TPSA) is 101 Å². The lowest BCUT2D eigenvalue weighted by Crippen LogP contribution is -2.58. The number of nitrogens with zero attached hydrogens (tertiary/aromatic N) is 1. The molecule has 160 valence electrons. The van der Waals surface area contributed by atoms with Gasteiger partial charge in [-0.15, -0.1) is 0 Å². The summed E-state index contributed by atoms with van der Waals surface area (Å²) in [4.78, 5) is 39.5. The highest BCUT2D eigenvalue weighted by atomic mass is 16.5. The van der Waals surface area contributed by atoms with Crippen molar-refractivity contribution in [3.05, 3.63) is 24.2 Å². The molecule has 2 fully saturated rings. The molecule has 0 bridgehead atoms. The maximum atomic E-state index is 12.9. The van der Waals surface area contributed by atoms with Crippen molar-refractivity contribution in [1.82, 2.24) is 15.5 Å². The number of carbonyl (C=O) groups excluding carboxylic acids is 3. The van der Waals surface area contributed by atoms with Crippen molar-refractivity contribution in [1.29, 1.82) is 0 Å². The predicted octanol–water partition coefficient (Wildman–Crippen LogP) is 1.74. The van der Waals surface area contributed by atoms with Gasteiger partial charge in [-0.3, -0.25) is 19.3 Å². The fourth-order valence-corrected chi connectivity index (χ4v) is 4.38. The van der Waals surface area contributed by atoms with Crippen molar-refractivity contribution < 1.29 is 23.5 Å². The highest BCUT2D eigenvalue weighted by Gasteiger charge is 2.38. The summed E-state index contributed by atoms with van der Waals surface area (Å²) in [5, 5.41) is 5.96. The van der Waals surface area contributed by atoms with Crippen LogP contribution < -0.4 is 10.6 Å². The van der Waals surface area contributed by atoms with Crippen molar-refractivity contribution in [2.24, 2.45) is 0 Å². The molecule has 1 aromatic heterocycles. The maximum absolute atomic E-state index is 12.9. The molecular formula is C21H31N3O5.